The molecule has 0 saturated carbocycles. The van der Waals surface area contributed by atoms with Gasteiger partial charge in [-0.3, -0.25) is 34.2 Å². The zero-order valence-corrected chi connectivity index (χ0v) is 43.3. The third-order valence-corrected chi connectivity index (χ3v) is 11.8. The lowest BCUT2D eigenvalue weighted by molar-refractivity contribution is -0.136. The summed E-state index contributed by atoms with van der Waals surface area (Å²) in [5.74, 6) is -1.84. The fourth-order valence-corrected chi connectivity index (χ4v) is 7.84. The molecule has 1 saturated heterocycles. The molecule has 19 nitrogen and oxygen atoms in total. The monoisotopic (exact) mass is 1030 g/mol. The van der Waals surface area contributed by atoms with Crippen molar-refractivity contribution in [2.75, 3.05) is 144 Å². The van der Waals surface area contributed by atoms with Crippen molar-refractivity contribution in [2.45, 2.75) is 103 Å². The summed E-state index contributed by atoms with van der Waals surface area (Å²) in [6, 6.07) is 12.0. The molecule has 0 aromatic heterocycles. The zero-order chi connectivity index (χ0) is 51.8. The molecule has 19 heteroatoms. The van der Waals surface area contributed by atoms with E-state index in [1.807, 2.05) is 12.1 Å². The molecule has 0 radical (unpaired) electrons. The summed E-state index contributed by atoms with van der Waals surface area (Å²) >= 11 is 0. The number of unbranched alkanes of at least 4 members (excludes halogenated alkanes) is 8. The van der Waals surface area contributed by atoms with Crippen molar-refractivity contribution in [1.29, 1.82) is 0 Å². The lowest BCUT2D eigenvalue weighted by Crippen LogP contribution is -2.54. The van der Waals surface area contributed by atoms with Crippen LogP contribution in [0, 0.1) is 0 Å². The van der Waals surface area contributed by atoms with Crippen molar-refractivity contribution in [3.05, 3.63) is 59.2 Å². The fraction of sp³-hybridized carbons (Fsp3) is 0.685. The average molecular weight is 1030 g/mol. The van der Waals surface area contributed by atoms with Gasteiger partial charge in [0.1, 0.15) is 18.4 Å². The van der Waals surface area contributed by atoms with E-state index in [1.54, 1.807) is 12.1 Å². The molecular formula is C54H83N3O16. The number of nitrogens with zero attached hydrogens (tertiary/aromatic N) is 1. The summed E-state index contributed by atoms with van der Waals surface area (Å²) in [5.41, 5.74) is 1.75. The van der Waals surface area contributed by atoms with Crippen molar-refractivity contribution < 1.29 is 76.1 Å². The highest BCUT2D eigenvalue weighted by Crippen LogP contribution is 2.32. The van der Waals surface area contributed by atoms with Gasteiger partial charge in [0, 0.05) is 19.4 Å². The molecule has 0 aliphatic carbocycles. The first-order chi connectivity index (χ1) is 35.9. The van der Waals surface area contributed by atoms with Gasteiger partial charge in [-0.25, -0.2) is 0 Å². The minimum absolute atomic E-state index is 0.0269. The number of anilines is 1. The molecule has 2 aliphatic heterocycles. The van der Waals surface area contributed by atoms with Crippen LogP contribution in [0.3, 0.4) is 0 Å². The molecule has 4 rings (SSSR count). The van der Waals surface area contributed by atoms with Crippen LogP contribution in [0.5, 0.6) is 5.75 Å². The zero-order valence-electron chi connectivity index (χ0n) is 43.3. The highest BCUT2D eigenvalue weighted by Gasteiger charge is 2.45. The van der Waals surface area contributed by atoms with E-state index in [2.05, 4.69) is 29.7 Å². The highest BCUT2D eigenvalue weighted by molar-refractivity contribution is 6.26. The Balaban J connectivity index is 0.791. The van der Waals surface area contributed by atoms with Crippen molar-refractivity contribution in [3.63, 3.8) is 0 Å². The number of ether oxygens (including phenoxy) is 11. The maximum absolute atomic E-state index is 13.2. The van der Waals surface area contributed by atoms with Gasteiger partial charge < -0.3 is 57.4 Å². The summed E-state index contributed by atoms with van der Waals surface area (Å²) in [5, 5.41) is 4.92. The Kier molecular flexibility index (Phi) is 33.5. The molecule has 73 heavy (non-hydrogen) atoms. The topological polar surface area (TPSA) is 214 Å². The van der Waals surface area contributed by atoms with Crippen LogP contribution in [0.4, 0.5) is 5.69 Å². The Morgan fingerprint density at radius 2 is 1.00 bits per heavy atom. The largest absolute Gasteiger partial charge is 0.491 e. The first-order valence-electron chi connectivity index (χ1n) is 26.5. The fourth-order valence-electron chi connectivity index (χ4n) is 7.84. The first-order valence-corrected chi connectivity index (χ1v) is 26.5. The second-order valence-corrected chi connectivity index (χ2v) is 17.5. The average Bonchev–Trinajstić information content (AvgIpc) is 3.64. The van der Waals surface area contributed by atoms with Gasteiger partial charge in [-0.2, -0.15) is 0 Å². The van der Waals surface area contributed by atoms with Crippen LogP contribution in [-0.2, 0) is 68.2 Å². The van der Waals surface area contributed by atoms with Crippen LogP contribution in [-0.4, -0.2) is 179 Å². The maximum atomic E-state index is 13.2. The molecule has 2 aromatic rings. The summed E-state index contributed by atoms with van der Waals surface area (Å²) in [7, 11) is 0. The smallest absolute Gasteiger partial charge is 0.264 e. The lowest BCUT2D eigenvalue weighted by atomic mass is 10.0. The second-order valence-electron chi connectivity index (χ2n) is 17.5. The van der Waals surface area contributed by atoms with Gasteiger partial charge in [0.05, 0.1) is 142 Å². The number of amides is 5. The Morgan fingerprint density at radius 3 is 1.51 bits per heavy atom. The summed E-state index contributed by atoms with van der Waals surface area (Å²) in [4.78, 5) is 63.7. The highest BCUT2D eigenvalue weighted by atomic mass is 16.6. The normalized spacial score (nSPS) is 14.5. The van der Waals surface area contributed by atoms with Gasteiger partial charge in [0.2, 0.25) is 17.7 Å². The Labute approximate surface area is 432 Å². The summed E-state index contributed by atoms with van der Waals surface area (Å²) < 4.78 is 61.3. The van der Waals surface area contributed by atoms with E-state index in [0.29, 0.717) is 145 Å². The summed E-state index contributed by atoms with van der Waals surface area (Å²) in [6.07, 6.45) is 12.9. The quantitative estimate of drug-likeness (QED) is 0.0564. The number of imide groups is 2. The number of piperidine rings is 1. The van der Waals surface area contributed by atoms with Crippen LogP contribution in [0.25, 0.3) is 0 Å². The molecule has 410 valence electrons. The van der Waals surface area contributed by atoms with Crippen LogP contribution >= 0.6 is 0 Å². The Bertz CT molecular complexity index is 1840. The minimum Gasteiger partial charge on any atom is -0.491 e. The number of carbonyl (C=O) groups excluding carboxylic acids is 5. The number of rotatable bonds is 47. The molecule has 2 N–H and O–H groups in total. The van der Waals surface area contributed by atoms with Gasteiger partial charge in [0.15, 0.2) is 0 Å². The lowest BCUT2D eigenvalue weighted by Gasteiger charge is -2.27. The van der Waals surface area contributed by atoms with Crippen molar-refractivity contribution in [2.24, 2.45) is 0 Å². The molecule has 1 unspecified atom stereocenters. The number of benzene rings is 2. The van der Waals surface area contributed by atoms with Crippen LogP contribution in [0.15, 0.2) is 42.5 Å². The number of fused-ring (bicyclic) bond motifs is 1. The molecule has 5 amide bonds. The van der Waals surface area contributed by atoms with Crippen molar-refractivity contribution >= 4 is 35.2 Å². The van der Waals surface area contributed by atoms with Gasteiger partial charge >= 0.3 is 0 Å². The van der Waals surface area contributed by atoms with Crippen molar-refractivity contribution in [1.82, 2.24) is 10.2 Å². The molecule has 0 spiro atoms. The number of carbonyl (C=O) groups is 5. The number of nitrogens with one attached hydrogen (secondary N) is 2. The maximum Gasteiger partial charge on any atom is 0.264 e. The standard InChI is InChI=1S/C54H83N3O16/c1-2-3-4-5-6-7-9-13-44-17-19-45(20-18-44)73-43-42-72-41-40-71-39-38-70-37-36-69-35-34-68-33-32-67-31-30-66-29-28-65-27-26-64-25-24-63-23-11-8-10-16-49(58)55-47-15-12-14-46-51(47)54(62)57(53(46)61)48-21-22-50(59)56-52(48)60/h12,14-15,17-20,48H,2-11,13,16,21-43H2,1H3,(H,55,58)(H,56,59,60). The number of aryl methyl sites for hydroxylation is 1. The Morgan fingerprint density at radius 1 is 0.534 bits per heavy atom. The first kappa shape index (κ1) is 61.1. The predicted octanol–water partition coefficient (Wildman–Crippen LogP) is 6.12. The van der Waals surface area contributed by atoms with E-state index in [-0.39, 0.29) is 42.0 Å². The molecule has 0 bridgehead atoms. The van der Waals surface area contributed by atoms with Gasteiger partial charge in [0.25, 0.3) is 11.8 Å². The van der Waals surface area contributed by atoms with Crippen molar-refractivity contribution in [3.8, 4) is 5.75 Å². The van der Waals surface area contributed by atoms with Crippen LogP contribution in [0.1, 0.15) is 117 Å². The summed E-state index contributed by atoms with van der Waals surface area (Å²) in [6.45, 7) is 12.3. The molecular weight excluding hydrogens is 947 g/mol. The molecule has 2 aliphatic rings. The second kappa shape index (κ2) is 40.0. The van der Waals surface area contributed by atoms with Crippen LogP contribution < -0.4 is 15.4 Å². The number of hydrogen-bond donors (Lipinski definition) is 2. The predicted molar refractivity (Wildman–Crippen MR) is 272 cm³/mol. The Hall–Kier alpha value is -4.41. The van der Waals surface area contributed by atoms with E-state index in [9.17, 15) is 24.0 Å². The van der Waals surface area contributed by atoms with E-state index in [1.165, 1.54) is 56.6 Å². The van der Waals surface area contributed by atoms with Crippen LogP contribution in [0.2, 0.25) is 0 Å². The SMILES string of the molecule is CCCCCCCCCc1ccc(OCCOCCOCCOCCOCCOCCOCCOCCOCCOCCOCCCCCC(=O)Nc2cccc3c2C(=O)N(C2CCC(=O)NC2=O)C3=O)cc1. The third-order valence-electron chi connectivity index (χ3n) is 11.8. The third kappa shape index (κ3) is 26.6. The molecule has 1 fully saturated rings. The van der Waals surface area contributed by atoms with E-state index in [0.717, 1.165) is 29.9 Å². The van der Waals surface area contributed by atoms with Gasteiger partial charge in [-0.15, -0.1) is 0 Å². The molecule has 2 aromatic carbocycles. The molecule has 2 heterocycles. The number of hydrogen-bond acceptors (Lipinski definition) is 16. The van der Waals surface area contributed by atoms with E-state index in [4.69, 9.17) is 52.1 Å². The van der Waals surface area contributed by atoms with Gasteiger partial charge in [-0.1, -0.05) is 70.1 Å². The van der Waals surface area contributed by atoms with Gasteiger partial charge in [-0.05, 0) is 61.9 Å². The van der Waals surface area contributed by atoms with E-state index >= 15 is 0 Å². The van der Waals surface area contributed by atoms with E-state index < -0.39 is 29.7 Å². The minimum atomic E-state index is -1.08. The molecule has 1 atom stereocenters.